The summed E-state index contributed by atoms with van der Waals surface area (Å²) in [6.45, 7) is 1.93. The monoisotopic (exact) mass is 489 g/mol. The normalized spacial score (nSPS) is 10.5. The Kier molecular flexibility index (Phi) is 7.60. The Balaban J connectivity index is 1.53. The number of anilines is 1. The van der Waals surface area contributed by atoms with E-state index in [-0.39, 0.29) is 5.56 Å². The van der Waals surface area contributed by atoms with E-state index in [4.69, 9.17) is 14.2 Å². The molecule has 0 aliphatic carbocycles. The lowest BCUT2D eigenvalue weighted by molar-refractivity contribution is -0.119. The summed E-state index contributed by atoms with van der Waals surface area (Å²) < 4.78 is 30.8. The molecule has 4 aromatic rings. The molecule has 1 amide bonds. The number of rotatable bonds is 9. The van der Waals surface area contributed by atoms with Crippen molar-refractivity contribution < 1.29 is 28.2 Å². The average Bonchev–Trinajstić information content (AvgIpc) is 3.35. The molecule has 9 heteroatoms. The summed E-state index contributed by atoms with van der Waals surface area (Å²) in [5.74, 6) is -0.357. The van der Waals surface area contributed by atoms with Gasteiger partial charge in [-0.05, 0) is 67.6 Å². The Morgan fingerprint density at radius 1 is 1.00 bits per heavy atom. The molecule has 0 aliphatic rings. The van der Waals surface area contributed by atoms with E-state index in [1.54, 1.807) is 48.5 Å². The Bertz CT molecular complexity index is 1350. The molecule has 1 aromatic heterocycles. The minimum atomic E-state index is -0.733. The van der Waals surface area contributed by atoms with Gasteiger partial charge in [0.15, 0.2) is 6.61 Å². The molecule has 0 radical (unpaired) electrons. The summed E-state index contributed by atoms with van der Waals surface area (Å²) in [6, 6.07) is 19.6. The number of nitrogens with one attached hydrogen (secondary N) is 1. The minimum absolute atomic E-state index is 0.140. The van der Waals surface area contributed by atoms with Crippen LogP contribution < -0.4 is 14.8 Å². The molecule has 1 heterocycles. The fourth-order valence-electron chi connectivity index (χ4n) is 3.44. The Morgan fingerprint density at radius 3 is 2.44 bits per heavy atom. The number of esters is 1. The summed E-state index contributed by atoms with van der Waals surface area (Å²) >= 11 is 0. The molecule has 184 valence electrons. The number of carbonyl (C=O) groups excluding carboxylic acids is 2. The summed E-state index contributed by atoms with van der Waals surface area (Å²) in [4.78, 5) is 25.4. The van der Waals surface area contributed by atoms with Crippen LogP contribution in [0.5, 0.6) is 11.5 Å². The molecular weight excluding hydrogens is 465 g/mol. The van der Waals surface area contributed by atoms with Crippen LogP contribution in [0, 0.1) is 5.82 Å². The van der Waals surface area contributed by atoms with Crippen LogP contribution in [0.2, 0.25) is 0 Å². The van der Waals surface area contributed by atoms with Gasteiger partial charge in [-0.3, -0.25) is 4.79 Å². The first-order chi connectivity index (χ1) is 17.5. The Morgan fingerprint density at radius 2 is 1.75 bits per heavy atom. The summed E-state index contributed by atoms with van der Waals surface area (Å²) in [5, 5.41) is 7.19. The van der Waals surface area contributed by atoms with E-state index in [1.807, 2.05) is 6.92 Å². The molecule has 0 unspecified atom stereocenters. The number of carbonyl (C=O) groups is 2. The molecule has 0 bridgehead atoms. The molecule has 36 heavy (non-hydrogen) atoms. The predicted octanol–water partition coefficient (Wildman–Crippen LogP) is 4.88. The van der Waals surface area contributed by atoms with Crippen LogP contribution in [0.15, 0.2) is 79.0 Å². The van der Waals surface area contributed by atoms with Crippen molar-refractivity contribution in [1.29, 1.82) is 0 Å². The molecule has 0 atom stereocenters. The first-order valence-corrected chi connectivity index (χ1v) is 11.2. The van der Waals surface area contributed by atoms with E-state index in [0.717, 1.165) is 0 Å². The predicted molar refractivity (Wildman–Crippen MR) is 132 cm³/mol. The first kappa shape index (κ1) is 24.5. The smallest absolute Gasteiger partial charge is 0.342 e. The van der Waals surface area contributed by atoms with Gasteiger partial charge in [-0.25, -0.2) is 13.9 Å². The van der Waals surface area contributed by atoms with Gasteiger partial charge in [-0.2, -0.15) is 5.10 Å². The van der Waals surface area contributed by atoms with Crippen molar-refractivity contribution in [3.8, 4) is 28.4 Å². The second-order valence-electron chi connectivity index (χ2n) is 7.63. The van der Waals surface area contributed by atoms with Crippen LogP contribution in [0.25, 0.3) is 16.9 Å². The highest BCUT2D eigenvalue weighted by Crippen LogP contribution is 2.27. The number of benzene rings is 3. The van der Waals surface area contributed by atoms with Crippen molar-refractivity contribution in [2.24, 2.45) is 0 Å². The quantitative estimate of drug-likeness (QED) is 0.337. The van der Waals surface area contributed by atoms with Crippen molar-refractivity contribution >= 4 is 17.6 Å². The van der Waals surface area contributed by atoms with Crippen LogP contribution >= 0.6 is 0 Å². The van der Waals surface area contributed by atoms with E-state index >= 15 is 0 Å². The molecule has 0 saturated carbocycles. The van der Waals surface area contributed by atoms with E-state index in [1.165, 1.54) is 42.3 Å². The molecule has 4 rings (SSSR count). The highest BCUT2D eigenvalue weighted by molar-refractivity contribution is 5.99. The van der Waals surface area contributed by atoms with Crippen molar-refractivity contribution in [3.05, 3.63) is 90.4 Å². The fraction of sp³-hybridized carbons (Fsp3) is 0.148. The van der Waals surface area contributed by atoms with Gasteiger partial charge in [-0.15, -0.1) is 0 Å². The van der Waals surface area contributed by atoms with Crippen molar-refractivity contribution in [2.75, 3.05) is 25.6 Å². The number of aromatic nitrogens is 2. The van der Waals surface area contributed by atoms with Gasteiger partial charge in [0.1, 0.15) is 28.6 Å². The Hall–Kier alpha value is -4.66. The van der Waals surface area contributed by atoms with Gasteiger partial charge in [0.05, 0.1) is 19.4 Å². The van der Waals surface area contributed by atoms with Crippen molar-refractivity contribution in [2.45, 2.75) is 6.92 Å². The number of nitrogens with zero attached hydrogens (tertiary/aromatic N) is 2. The maximum Gasteiger partial charge on any atom is 0.342 e. The molecular formula is C27H24FN3O5. The zero-order valence-electron chi connectivity index (χ0n) is 19.7. The molecule has 3 aromatic carbocycles. The van der Waals surface area contributed by atoms with Crippen LogP contribution in [0.3, 0.4) is 0 Å². The lowest BCUT2D eigenvalue weighted by Crippen LogP contribution is -2.21. The van der Waals surface area contributed by atoms with Gasteiger partial charge in [-0.1, -0.05) is 12.1 Å². The maximum absolute atomic E-state index is 13.4. The SMILES string of the molecule is CCOc1ccc(NC(=O)COC(=O)c2cn(-c3ccc(F)cc3)nc2-c2cccc(OC)c2)cc1. The molecule has 0 saturated heterocycles. The minimum Gasteiger partial charge on any atom is -0.497 e. The van der Waals surface area contributed by atoms with Gasteiger partial charge < -0.3 is 19.5 Å². The third-order valence-corrected chi connectivity index (χ3v) is 5.15. The number of ether oxygens (including phenoxy) is 3. The number of amides is 1. The van der Waals surface area contributed by atoms with Crippen LogP contribution in [-0.2, 0) is 9.53 Å². The van der Waals surface area contributed by atoms with Gasteiger partial charge >= 0.3 is 5.97 Å². The first-order valence-electron chi connectivity index (χ1n) is 11.2. The number of hydrogen-bond acceptors (Lipinski definition) is 6. The Labute approximate surface area is 207 Å². The number of hydrogen-bond donors (Lipinski definition) is 1. The lowest BCUT2D eigenvalue weighted by atomic mass is 10.1. The highest BCUT2D eigenvalue weighted by Gasteiger charge is 2.21. The summed E-state index contributed by atoms with van der Waals surface area (Å²) in [5.41, 5.74) is 2.17. The van der Waals surface area contributed by atoms with E-state index in [2.05, 4.69) is 10.4 Å². The zero-order chi connectivity index (χ0) is 25.5. The number of methoxy groups -OCH3 is 1. The van der Waals surface area contributed by atoms with Crippen molar-refractivity contribution in [1.82, 2.24) is 9.78 Å². The highest BCUT2D eigenvalue weighted by atomic mass is 19.1. The van der Waals surface area contributed by atoms with E-state index < -0.39 is 24.3 Å². The fourth-order valence-corrected chi connectivity index (χ4v) is 3.44. The topological polar surface area (TPSA) is 91.7 Å². The number of halogens is 1. The zero-order valence-corrected chi connectivity index (χ0v) is 19.7. The van der Waals surface area contributed by atoms with Gasteiger partial charge in [0.2, 0.25) is 0 Å². The van der Waals surface area contributed by atoms with E-state index in [0.29, 0.717) is 40.7 Å². The molecule has 8 nitrogen and oxygen atoms in total. The second-order valence-corrected chi connectivity index (χ2v) is 7.63. The standard InChI is InChI=1S/C27H24FN3O5/c1-3-35-22-13-9-20(10-14-22)29-25(32)17-36-27(33)24-16-31(21-11-7-19(28)8-12-21)30-26(24)18-5-4-6-23(15-18)34-2/h4-16H,3,17H2,1-2H3,(H,29,32). The van der Waals surface area contributed by atoms with Crippen LogP contribution in [0.4, 0.5) is 10.1 Å². The summed E-state index contributed by atoms with van der Waals surface area (Å²) in [7, 11) is 1.54. The van der Waals surface area contributed by atoms with E-state index in [9.17, 15) is 14.0 Å². The van der Waals surface area contributed by atoms with Crippen LogP contribution in [-0.4, -0.2) is 42.0 Å². The third kappa shape index (κ3) is 5.87. The maximum atomic E-state index is 13.4. The second kappa shape index (κ2) is 11.2. The van der Waals surface area contributed by atoms with Gasteiger partial charge in [0.25, 0.3) is 5.91 Å². The van der Waals surface area contributed by atoms with Gasteiger partial charge in [0, 0.05) is 17.4 Å². The molecule has 0 fully saturated rings. The average molecular weight is 490 g/mol. The summed E-state index contributed by atoms with van der Waals surface area (Å²) in [6.07, 6.45) is 1.48. The van der Waals surface area contributed by atoms with Crippen molar-refractivity contribution in [3.63, 3.8) is 0 Å². The molecule has 0 spiro atoms. The molecule has 0 aliphatic heterocycles. The van der Waals surface area contributed by atoms with Crippen LogP contribution in [0.1, 0.15) is 17.3 Å². The largest absolute Gasteiger partial charge is 0.497 e. The third-order valence-electron chi connectivity index (χ3n) is 5.15. The lowest BCUT2D eigenvalue weighted by Gasteiger charge is -2.08. The molecule has 1 N–H and O–H groups in total.